The maximum absolute atomic E-state index is 14.3. The van der Waals surface area contributed by atoms with E-state index in [1.54, 1.807) is 56.3 Å². The minimum Gasteiger partial charge on any atom is -0.463 e. The first-order valence-corrected chi connectivity index (χ1v) is 10.0. The smallest absolute Gasteiger partial charge is 0.336 e. The van der Waals surface area contributed by atoms with Gasteiger partial charge in [-0.25, -0.2) is 17.5 Å². The summed E-state index contributed by atoms with van der Waals surface area (Å²) in [7, 11) is -3.36. The third-order valence-electron chi connectivity index (χ3n) is 3.74. The van der Waals surface area contributed by atoms with Gasteiger partial charge in [0.2, 0.25) is 10.0 Å². The summed E-state index contributed by atoms with van der Waals surface area (Å²) in [5.41, 5.74) is 1.30. The lowest BCUT2D eigenvalue weighted by molar-refractivity contribution is 0.312. The molecular weight excluding hydrogens is 371 g/mol. The molecule has 2 aromatic carbocycles. The second kappa shape index (κ2) is 7.75. The highest BCUT2D eigenvalue weighted by Gasteiger charge is 2.17. The Morgan fingerprint density at radius 1 is 1.11 bits per heavy atom. The van der Waals surface area contributed by atoms with E-state index in [0.717, 1.165) is 0 Å². The molecule has 7 nitrogen and oxygen atoms in total. The Labute approximate surface area is 156 Å². The summed E-state index contributed by atoms with van der Waals surface area (Å²) in [4.78, 5) is 4.28. The molecule has 0 spiro atoms. The number of nitrogens with zero attached hydrogens (tertiary/aromatic N) is 3. The number of rotatable bonds is 7. The highest BCUT2D eigenvalue weighted by Crippen LogP contribution is 2.26. The predicted octanol–water partition coefficient (Wildman–Crippen LogP) is 3.23. The van der Waals surface area contributed by atoms with Gasteiger partial charge in [-0.15, -0.1) is 5.10 Å². The average molecular weight is 390 g/mol. The number of ether oxygens (including phenoxy) is 1. The van der Waals surface area contributed by atoms with E-state index in [2.05, 4.69) is 14.8 Å². The maximum Gasteiger partial charge on any atom is 0.336 e. The Morgan fingerprint density at radius 2 is 1.81 bits per heavy atom. The Bertz CT molecular complexity index is 1030. The third-order valence-corrected chi connectivity index (χ3v) is 5.05. The lowest BCUT2D eigenvalue weighted by Gasteiger charge is -2.09. The van der Waals surface area contributed by atoms with Crippen LogP contribution in [-0.4, -0.2) is 35.5 Å². The Kier molecular flexibility index (Phi) is 5.41. The van der Waals surface area contributed by atoms with Crippen molar-refractivity contribution < 1.29 is 17.5 Å². The molecule has 142 valence electrons. The second-order valence-corrected chi connectivity index (χ2v) is 7.61. The summed E-state index contributed by atoms with van der Waals surface area (Å²) < 4.78 is 46.9. The number of sulfonamides is 1. The van der Waals surface area contributed by atoms with Crippen LogP contribution >= 0.6 is 0 Å². The van der Waals surface area contributed by atoms with Crippen LogP contribution in [0.25, 0.3) is 17.1 Å². The van der Waals surface area contributed by atoms with E-state index in [1.807, 2.05) is 0 Å². The minimum absolute atomic E-state index is 0.0209. The van der Waals surface area contributed by atoms with Crippen LogP contribution in [0.4, 0.5) is 10.1 Å². The van der Waals surface area contributed by atoms with Crippen molar-refractivity contribution in [1.29, 1.82) is 0 Å². The van der Waals surface area contributed by atoms with E-state index in [-0.39, 0.29) is 17.3 Å². The zero-order valence-electron chi connectivity index (χ0n) is 14.9. The molecule has 0 aliphatic carbocycles. The van der Waals surface area contributed by atoms with Gasteiger partial charge in [-0.1, -0.05) is 12.1 Å². The molecule has 0 aliphatic rings. The van der Waals surface area contributed by atoms with Gasteiger partial charge in [-0.05, 0) is 50.2 Å². The van der Waals surface area contributed by atoms with Gasteiger partial charge in [0.05, 0.1) is 23.6 Å². The van der Waals surface area contributed by atoms with Gasteiger partial charge in [0.25, 0.3) is 0 Å². The molecular formula is C18H19FN4O3S. The van der Waals surface area contributed by atoms with Crippen molar-refractivity contribution in [2.24, 2.45) is 0 Å². The molecule has 0 atom stereocenters. The minimum atomic E-state index is -3.36. The van der Waals surface area contributed by atoms with E-state index < -0.39 is 15.8 Å². The van der Waals surface area contributed by atoms with Crippen molar-refractivity contribution in [2.75, 3.05) is 17.1 Å². The van der Waals surface area contributed by atoms with Crippen molar-refractivity contribution in [3.05, 3.63) is 54.3 Å². The van der Waals surface area contributed by atoms with Crippen molar-refractivity contribution >= 4 is 15.7 Å². The number of hydrogen-bond acceptors (Lipinski definition) is 5. The summed E-state index contributed by atoms with van der Waals surface area (Å²) in [6.45, 7) is 3.73. The van der Waals surface area contributed by atoms with E-state index >= 15 is 0 Å². The van der Waals surface area contributed by atoms with Gasteiger partial charge in [0.1, 0.15) is 5.82 Å². The number of hydrogen-bond donors (Lipinski definition) is 1. The van der Waals surface area contributed by atoms with E-state index in [0.29, 0.717) is 23.8 Å². The average Bonchev–Trinajstić information content (AvgIpc) is 3.06. The highest BCUT2D eigenvalue weighted by atomic mass is 32.2. The molecule has 0 bridgehead atoms. The molecule has 27 heavy (non-hydrogen) atoms. The second-order valence-electron chi connectivity index (χ2n) is 5.60. The number of benzene rings is 2. The highest BCUT2D eigenvalue weighted by molar-refractivity contribution is 7.92. The van der Waals surface area contributed by atoms with Crippen LogP contribution in [0.2, 0.25) is 0 Å². The van der Waals surface area contributed by atoms with Crippen LogP contribution in [-0.2, 0) is 10.0 Å². The first kappa shape index (κ1) is 18.8. The Morgan fingerprint density at radius 3 is 2.44 bits per heavy atom. The van der Waals surface area contributed by atoms with E-state index in [1.165, 1.54) is 10.7 Å². The monoisotopic (exact) mass is 390 g/mol. The van der Waals surface area contributed by atoms with Crippen LogP contribution in [0.1, 0.15) is 13.8 Å². The molecule has 3 aromatic rings. The van der Waals surface area contributed by atoms with Gasteiger partial charge in [-0.3, -0.25) is 4.72 Å². The van der Waals surface area contributed by atoms with Gasteiger partial charge in [0, 0.05) is 5.69 Å². The fourth-order valence-corrected chi connectivity index (χ4v) is 3.04. The molecule has 9 heteroatoms. The van der Waals surface area contributed by atoms with E-state index in [4.69, 9.17) is 4.74 Å². The fraction of sp³-hybridized carbons (Fsp3) is 0.222. The number of aromatic nitrogens is 3. The maximum atomic E-state index is 14.3. The van der Waals surface area contributed by atoms with Crippen LogP contribution < -0.4 is 9.46 Å². The van der Waals surface area contributed by atoms with E-state index in [9.17, 15) is 12.8 Å². The van der Waals surface area contributed by atoms with Gasteiger partial charge < -0.3 is 4.74 Å². The number of anilines is 1. The Balaban J connectivity index is 2.02. The largest absolute Gasteiger partial charge is 0.463 e. The zero-order chi connectivity index (χ0) is 19.4. The van der Waals surface area contributed by atoms with Gasteiger partial charge in [0.15, 0.2) is 5.82 Å². The molecule has 0 saturated carbocycles. The summed E-state index contributed by atoms with van der Waals surface area (Å²) in [5, 5.41) is 4.29. The van der Waals surface area contributed by atoms with Crippen molar-refractivity contribution in [3.63, 3.8) is 0 Å². The summed E-state index contributed by atoms with van der Waals surface area (Å²) >= 11 is 0. The molecule has 3 rings (SSSR count). The Hall–Kier alpha value is -2.94. The first-order valence-electron chi connectivity index (χ1n) is 8.39. The lowest BCUT2D eigenvalue weighted by Crippen LogP contribution is -2.14. The van der Waals surface area contributed by atoms with Crippen LogP contribution in [0, 0.1) is 5.82 Å². The van der Waals surface area contributed by atoms with Crippen molar-refractivity contribution in [1.82, 2.24) is 14.8 Å². The molecule has 1 N–H and O–H groups in total. The third kappa shape index (κ3) is 4.25. The lowest BCUT2D eigenvalue weighted by atomic mass is 10.2. The van der Waals surface area contributed by atoms with Crippen LogP contribution in [0.5, 0.6) is 6.01 Å². The quantitative estimate of drug-likeness (QED) is 0.669. The van der Waals surface area contributed by atoms with Crippen molar-refractivity contribution in [3.8, 4) is 23.1 Å². The zero-order valence-corrected chi connectivity index (χ0v) is 15.7. The number of halogens is 1. The number of nitrogens with one attached hydrogen (secondary N) is 1. The van der Waals surface area contributed by atoms with Crippen molar-refractivity contribution in [2.45, 2.75) is 13.8 Å². The van der Waals surface area contributed by atoms with Crippen LogP contribution in [0.3, 0.4) is 0 Å². The molecule has 0 radical (unpaired) electrons. The molecule has 0 aliphatic heterocycles. The normalized spacial score (nSPS) is 11.4. The standard InChI is InChI=1S/C18H19FN4O3S/c1-3-26-18-20-17(15-7-5-6-8-16(15)19)23(21-18)14-11-9-13(10-12-14)22-27(24,25)4-2/h5-12,22H,3-4H2,1-2H3. The molecule has 1 heterocycles. The van der Waals surface area contributed by atoms with Crippen LogP contribution in [0.15, 0.2) is 48.5 Å². The molecule has 0 unspecified atom stereocenters. The predicted molar refractivity (Wildman–Crippen MR) is 101 cm³/mol. The summed E-state index contributed by atoms with van der Waals surface area (Å²) in [6.07, 6.45) is 0. The summed E-state index contributed by atoms with van der Waals surface area (Å²) in [6, 6.07) is 12.9. The topological polar surface area (TPSA) is 86.1 Å². The fourth-order valence-electron chi connectivity index (χ4n) is 2.40. The summed E-state index contributed by atoms with van der Waals surface area (Å²) in [5.74, 6) is -0.160. The molecule has 0 saturated heterocycles. The molecule has 0 amide bonds. The van der Waals surface area contributed by atoms with Gasteiger partial charge in [-0.2, -0.15) is 4.98 Å². The molecule has 1 aromatic heterocycles. The molecule has 0 fully saturated rings. The first-order chi connectivity index (χ1) is 12.9. The van der Waals surface area contributed by atoms with Gasteiger partial charge >= 0.3 is 6.01 Å². The SMILES string of the molecule is CCOc1nc(-c2ccccc2F)n(-c2ccc(NS(=O)(=O)CC)cc2)n1.